The van der Waals surface area contributed by atoms with Crippen LogP contribution in [-0.4, -0.2) is 13.6 Å². The molecule has 1 fully saturated rings. The van der Waals surface area contributed by atoms with Gasteiger partial charge in [-0.2, -0.15) is 11.3 Å². The van der Waals surface area contributed by atoms with E-state index in [1.807, 2.05) is 7.05 Å². The summed E-state index contributed by atoms with van der Waals surface area (Å²) in [4.78, 5) is 0. The highest BCUT2D eigenvalue weighted by Gasteiger charge is 2.50. The van der Waals surface area contributed by atoms with E-state index in [1.165, 1.54) is 12.0 Å². The maximum Gasteiger partial charge on any atom is -0.00148 e. The summed E-state index contributed by atoms with van der Waals surface area (Å²) < 4.78 is 0. The second kappa shape index (κ2) is 2.86. The minimum Gasteiger partial charge on any atom is -0.319 e. The molecule has 1 aromatic heterocycles. The van der Waals surface area contributed by atoms with Crippen molar-refractivity contribution in [1.29, 1.82) is 0 Å². The van der Waals surface area contributed by atoms with E-state index in [2.05, 4.69) is 29.1 Å². The van der Waals surface area contributed by atoms with Crippen molar-refractivity contribution >= 4 is 11.3 Å². The third-order valence-corrected chi connectivity index (χ3v) is 3.73. The molecule has 0 aliphatic heterocycles. The van der Waals surface area contributed by atoms with E-state index in [4.69, 9.17) is 0 Å². The molecule has 1 saturated carbocycles. The molecule has 0 bridgehead atoms. The van der Waals surface area contributed by atoms with Crippen LogP contribution in [0.15, 0.2) is 16.8 Å². The van der Waals surface area contributed by atoms with Crippen LogP contribution in [0.3, 0.4) is 0 Å². The monoisotopic (exact) mass is 181 g/mol. The van der Waals surface area contributed by atoms with Gasteiger partial charge in [0.15, 0.2) is 0 Å². The van der Waals surface area contributed by atoms with Crippen LogP contribution >= 0.6 is 11.3 Å². The summed E-state index contributed by atoms with van der Waals surface area (Å²) >= 11 is 1.81. The van der Waals surface area contributed by atoms with E-state index >= 15 is 0 Å². The minimum absolute atomic E-state index is 0.489. The molecule has 0 spiro atoms. The Morgan fingerprint density at radius 3 is 3.17 bits per heavy atom. The van der Waals surface area contributed by atoms with E-state index in [-0.39, 0.29) is 0 Å². The standard InChI is InChI=1S/C10H15NS/c1-10(5-9(10)6-11-2)8-3-4-12-7-8/h3-4,7,9,11H,5-6H2,1-2H3. The fraction of sp³-hybridized carbons (Fsp3) is 0.600. The summed E-state index contributed by atoms with van der Waals surface area (Å²) in [7, 11) is 2.03. The molecule has 12 heavy (non-hydrogen) atoms. The Labute approximate surface area is 77.8 Å². The zero-order chi connectivity index (χ0) is 8.60. The molecule has 2 heteroatoms. The fourth-order valence-corrected chi connectivity index (χ4v) is 2.74. The number of nitrogens with one attached hydrogen (secondary N) is 1. The van der Waals surface area contributed by atoms with Gasteiger partial charge in [0.05, 0.1) is 0 Å². The van der Waals surface area contributed by atoms with Gasteiger partial charge in [-0.1, -0.05) is 6.92 Å². The lowest BCUT2D eigenvalue weighted by Crippen LogP contribution is -2.15. The Balaban J connectivity index is 2.07. The Hall–Kier alpha value is -0.340. The zero-order valence-electron chi connectivity index (χ0n) is 7.63. The second-order valence-electron chi connectivity index (χ2n) is 3.89. The van der Waals surface area contributed by atoms with E-state index in [9.17, 15) is 0 Å². The van der Waals surface area contributed by atoms with Gasteiger partial charge in [0, 0.05) is 0 Å². The van der Waals surface area contributed by atoms with E-state index in [0.717, 1.165) is 12.5 Å². The SMILES string of the molecule is CNCC1CC1(C)c1ccsc1. The third-order valence-electron chi connectivity index (χ3n) is 3.04. The van der Waals surface area contributed by atoms with Gasteiger partial charge >= 0.3 is 0 Å². The molecule has 1 N–H and O–H groups in total. The predicted molar refractivity (Wildman–Crippen MR) is 53.7 cm³/mol. The molecule has 66 valence electrons. The first-order valence-corrected chi connectivity index (χ1v) is 5.39. The quantitative estimate of drug-likeness (QED) is 0.754. The van der Waals surface area contributed by atoms with Gasteiger partial charge in [0.2, 0.25) is 0 Å². The molecule has 1 aliphatic rings. The normalized spacial score (nSPS) is 33.7. The van der Waals surface area contributed by atoms with Crippen LogP contribution < -0.4 is 5.32 Å². The van der Waals surface area contributed by atoms with Crippen LogP contribution in [0.4, 0.5) is 0 Å². The van der Waals surface area contributed by atoms with Crippen LogP contribution in [0.5, 0.6) is 0 Å². The lowest BCUT2D eigenvalue weighted by atomic mass is 9.99. The van der Waals surface area contributed by atoms with Crippen molar-refractivity contribution in [2.45, 2.75) is 18.8 Å². The first-order chi connectivity index (χ1) is 5.77. The van der Waals surface area contributed by atoms with Crippen molar-refractivity contribution in [2.24, 2.45) is 5.92 Å². The van der Waals surface area contributed by atoms with Crippen molar-refractivity contribution in [3.8, 4) is 0 Å². The van der Waals surface area contributed by atoms with Gasteiger partial charge in [-0.15, -0.1) is 0 Å². The lowest BCUT2D eigenvalue weighted by Gasteiger charge is -2.08. The van der Waals surface area contributed by atoms with Crippen LogP contribution in [0.25, 0.3) is 0 Å². The molecule has 1 heterocycles. The highest BCUT2D eigenvalue weighted by atomic mass is 32.1. The molecule has 0 aromatic carbocycles. The highest BCUT2D eigenvalue weighted by molar-refractivity contribution is 7.08. The van der Waals surface area contributed by atoms with Crippen LogP contribution in [-0.2, 0) is 5.41 Å². The second-order valence-corrected chi connectivity index (χ2v) is 4.67. The molecule has 0 saturated heterocycles. The van der Waals surface area contributed by atoms with Gasteiger partial charge < -0.3 is 5.32 Å². The van der Waals surface area contributed by atoms with E-state index < -0.39 is 0 Å². The highest BCUT2D eigenvalue weighted by Crippen LogP contribution is 2.53. The molecular formula is C10H15NS. The first kappa shape index (κ1) is 8.27. The van der Waals surface area contributed by atoms with Gasteiger partial charge in [0.25, 0.3) is 0 Å². The fourth-order valence-electron chi connectivity index (χ4n) is 1.94. The molecular weight excluding hydrogens is 166 g/mol. The predicted octanol–water partition coefficient (Wildman–Crippen LogP) is 2.25. The van der Waals surface area contributed by atoms with Gasteiger partial charge in [-0.3, -0.25) is 0 Å². The minimum atomic E-state index is 0.489. The first-order valence-electron chi connectivity index (χ1n) is 4.44. The summed E-state index contributed by atoms with van der Waals surface area (Å²) in [5.74, 6) is 0.858. The Kier molecular flexibility index (Phi) is 1.97. The number of thiophene rings is 1. The van der Waals surface area contributed by atoms with E-state index in [1.54, 1.807) is 11.3 Å². The zero-order valence-corrected chi connectivity index (χ0v) is 8.45. The molecule has 1 aromatic rings. The van der Waals surface area contributed by atoms with Gasteiger partial charge in [-0.05, 0) is 53.7 Å². The van der Waals surface area contributed by atoms with Crippen molar-refractivity contribution < 1.29 is 0 Å². The number of rotatable bonds is 3. The van der Waals surface area contributed by atoms with Gasteiger partial charge in [-0.25, -0.2) is 0 Å². The summed E-state index contributed by atoms with van der Waals surface area (Å²) in [6, 6.07) is 2.26. The molecule has 2 unspecified atom stereocenters. The molecule has 0 amide bonds. The van der Waals surface area contributed by atoms with Crippen molar-refractivity contribution in [2.75, 3.05) is 13.6 Å². The molecule has 1 aliphatic carbocycles. The number of hydrogen-bond acceptors (Lipinski definition) is 2. The van der Waals surface area contributed by atoms with Crippen molar-refractivity contribution in [3.05, 3.63) is 22.4 Å². The smallest absolute Gasteiger partial charge is 0.00148 e. The maximum atomic E-state index is 3.25. The summed E-state index contributed by atoms with van der Waals surface area (Å²) in [5.41, 5.74) is 2.02. The maximum absolute atomic E-state index is 3.25. The van der Waals surface area contributed by atoms with Crippen LogP contribution in [0.1, 0.15) is 18.9 Å². The average molecular weight is 181 g/mol. The van der Waals surface area contributed by atoms with Crippen molar-refractivity contribution in [1.82, 2.24) is 5.32 Å². The summed E-state index contributed by atoms with van der Waals surface area (Å²) in [6.45, 7) is 3.53. The summed E-state index contributed by atoms with van der Waals surface area (Å²) in [5, 5.41) is 7.71. The molecule has 2 rings (SSSR count). The van der Waals surface area contributed by atoms with Gasteiger partial charge in [0.1, 0.15) is 0 Å². The van der Waals surface area contributed by atoms with E-state index in [0.29, 0.717) is 5.41 Å². The van der Waals surface area contributed by atoms with Crippen LogP contribution in [0, 0.1) is 5.92 Å². The largest absolute Gasteiger partial charge is 0.319 e. The van der Waals surface area contributed by atoms with Crippen LogP contribution in [0.2, 0.25) is 0 Å². The molecule has 0 radical (unpaired) electrons. The Morgan fingerprint density at radius 1 is 1.75 bits per heavy atom. The van der Waals surface area contributed by atoms with Crippen molar-refractivity contribution in [3.63, 3.8) is 0 Å². The Bertz CT molecular complexity index is 255. The molecule has 1 nitrogen and oxygen atoms in total. The Morgan fingerprint density at radius 2 is 2.58 bits per heavy atom. The number of hydrogen-bond donors (Lipinski definition) is 1. The molecule has 2 atom stereocenters. The topological polar surface area (TPSA) is 12.0 Å². The summed E-state index contributed by atoms with van der Waals surface area (Å²) in [6.07, 6.45) is 1.35. The third kappa shape index (κ3) is 1.19. The lowest BCUT2D eigenvalue weighted by molar-refractivity contribution is 0.618. The average Bonchev–Trinajstić information content (AvgIpc) is 2.57.